The summed E-state index contributed by atoms with van der Waals surface area (Å²) >= 11 is 0. The minimum atomic E-state index is -1.16. The van der Waals surface area contributed by atoms with Gasteiger partial charge in [0, 0.05) is 24.8 Å². The van der Waals surface area contributed by atoms with E-state index in [1.54, 1.807) is 0 Å². The minimum absolute atomic E-state index is 0. The van der Waals surface area contributed by atoms with Gasteiger partial charge in [0.2, 0.25) is 0 Å². The molecule has 6 nitrogen and oxygen atoms in total. The summed E-state index contributed by atoms with van der Waals surface area (Å²) in [5.41, 5.74) is 0. The first-order chi connectivity index (χ1) is 20.3. The maximum absolute atomic E-state index is 10.3. The van der Waals surface area contributed by atoms with Crippen LogP contribution >= 0.6 is 0 Å². The summed E-state index contributed by atoms with van der Waals surface area (Å²) in [6.45, 7) is 4.51. The predicted molar refractivity (Wildman–Crippen MR) is 172 cm³/mol. The van der Waals surface area contributed by atoms with Gasteiger partial charge in [0.25, 0.3) is 0 Å². The van der Waals surface area contributed by atoms with Gasteiger partial charge in [0.15, 0.2) is 0 Å². The molecule has 0 radical (unpaired) electrons. The number of aliphatic hydroxyl groups excluding tert-OH is 2. The first kappa shape index (κ1) is 46.9. The fraction of sp³-hybridized carbons (Fsp3) is 0.944. The van der Waals surface area contributed by atoms with E-state index in [-0.39, 0.29) is 32.3 Å². The molecule has 0 bridgehead atoms. The van der Waals surface area contributed by atoms with Gasteiger partial charge in [-0.25, -0.2) is 0 Å². The SMILES string of the molecule is CCCCCCCCCCCCCCCC(O)CC(=O)[O-].CCCCCCCCCCCCCCCC(O)CC(=O)[O-].[Zn+2]. The smallest absolute Gasteiger partial charge is 0.550 e. The van der Waals surface area contributed by atoms with E-state index < -0.39 is 24.1 Å². The molecular weight excluding hydrogens is 594 g/mol. The number of carbonyl (C=O) groups excluding carboxylic acids is 2. The van der Waals surface area contributed by atoms with Gasteiger partial charge < -0.3 is 30.0 Å². The van der Waals surface area contributed by atoms with E-state index in [2.05, 4.69) is 13.8 Å². The van der Waals surface area contributed by atoms with Crippen LogP contribution in [-0.2, 0) is 29.1 Å². The van der Waals surface area contributed by atoms with Crippen molar-refractivity contribution in [1.82, 2.24) is 0 Å². The molecule has 2 N–H and O–H groups in total. The molecule has 0 amide bonds. The Hall–Kier alpha value is -0.517. The van der Waals surface area contributed by atoms with Crippen LogP contribution in [-0.4, -0.2) is 34.4 Å². The molecule has 0 spiro atoms. The Bertz CT molecular complexity index is 512. The number of carboxylic acids is 2. The predicted octanol–water partition coefficient (Wildman–Crippen LogP) is 7.93. The van der Waals surface area contributed by atoms with Gasteiger partial charge in [-0.1, -0.05) is 181 Å². The Morgan fingerprint density at radius 1 is 0.419 bits per heavy atom. The van der Waals surface area contributed by atoms with Crippen molar-refractivity contribution < 1.29 is 49.5 Å². The van der Waals surface area contributed by atoms with Crippen LogP contribution < -0.4 is 10.2 Å². The van der Waals surface area contributed by atoms with Crippen molar-refractivity contribution in [2.24, 2.45) is 0 Å². The normalized spacial score (nSPS) is 12.2. The Morgan fingerprint density at radius 2 is 0.605 bits per heavy atom. The molecule has 7 heteroatoms. The van der Waals surface area contributed by atoms with Gasteiger partial charge in [-0.15, -0.1) is 0 Å². The molecular formula is C36H70O6Zn. The maximum atomic E-state index is 10.3. The van der Waals surface area contributed by atoms with Gasteiger partial charge in [0.05, 0.1) is 12.2 Å². The molecule has 43 heavy (non-hydrogen) atoms. The van der Waals surface area contributed by atoms with Gasteiger partial charge in [-0.05, 0) is 12.8 Å². The third-order valence-electron chi connectivity index (χ3n) is 8.09. The number of aliphatic hydroxyl groups is 2. The topological polar surface area (TPSA) is 121 Å². The third-order valence-corrected chi connectivity index (χ3v) is 8.09. The van der Waals surface area contributed by atoms with Crippen LogP contribution in [0.2, 0.25) is 0 Å². The first-order valence-electron chi connectivity index (χ1n) is 18.1. The Labute approximate surface area is 279 Å². The van der Waals surface area contributed by atoms with E-state index in [0.717, 1.165) is 25.7 Å². The molecule has 0 aliphatic heterocycles. The summed E-state index contributed by atoms with van der Waals surface area (Å²) in [6, 6.07) is 0. The number of rotatable bonds is 32. The number of carboxylic acid groups (broad SMARTS) is 2. The second-order valence-corrected chi connectivity index (χ2v) is 12.5. The number of unbranched alkanes of at least 4 members (excludes halogenated alkanes) is 24. The van der Waals surface area contributed by atoms with E-state index in [1.165, 1.54) is 141 Å². The monoisotopic (exact) mass is 662 g/mol. The van der Waals surface area contributed by atoms with Crippen LogP contribution in [0.15, 0.2) is 0 Å². The Morgan fingerprint density at radius 3 is 0.791 bits per heavy atom. The van der Waals surface area contributed by atoms with E-state index in [0.29, 0.717) is 12.8 Å². The van der Waals surface area contributed by atoms with Crippen LogP contribution in [0.25, 0.3) is 0 Å². The first-order valence-corrected chi connectivity index (χ1v) is 18.1. The van der Waals surface area contributed by atoms with Crippen molar-refractivity contribution in [3.8, 4) is 0 Å². The van der Waals surface area contributed by atoms with E-state index in [1.807, 2.05) is 0 Å². The molecule has 0 aromatic rings. The van der Waals surface area contributed by atoms with Crippen LogP contribution in [0.3, 0.4) is 0 Å². The fourth-order valence-corrected chi connectivity index (χ4v) is 5.38. The third kappa shape index (κ3) is 46.0. The fourth-order valence-electron chi connectivity index (χ4n) is 5.38. The summed E-state index contributed by atoms with van der Waals surface area (Å²) in [7, 11) is 0. The van der Waals surface area contributed by atoms with Crippen molar-refractivity contribution in [2.45, 2.75) is 219 Å². The van der Waals surface area contributed by atoms with Gasteiger partial charge in [-0.2, -0.15) is 0 Å². The molecule has 0 saturated carbocycles. The number of hydrogen-bond acceptors (Lipinski definition) is 6. The molecule has 0 aliphatic rings. The van der Waals surface area contributed by atoms with Crippen LogP contribution in [0, 0.1) is 0 Å². The van der Waals surface area contributed by atoms with Gasteiger partial charge >= 0.3 is 19.5 Å². The molecule has 0 aromatic carbocycles. The standard InChI is InChI=1S/2C18H36O3.Zn/c2*1-2-3-4-5-6-7-8-9-10-11-12-13-14-15-17(19)16-18(20)21;/h2*17,19H,2-16H2,1H3,(H,20,21);/q;;+2/p-2. The van der Waals surface area contributed by atoms with E-state index in [4.69, 9.17) is 0 Å². The second kappa shape index (κ2) is 39.5. The zero-order valence-corrected chi connectivity index (χ0v) is 31.6. The van der Waals surface area contributed by atoms with Crippen molar-refractivity contribution in [3.05, 3.63) is 0 Å². The summed E-state index contributed by atoms with van der Waals surface area (Å²) in [5, 5.41) is 39.3. The largest absolute Gasteiger partial charge is 2.00 e. The number of carbonyl (C=O) groups is 2. The van der Waals surface area contributed by atoms with Gasteiger partial charge in [0.1, 0.15) is 0 Å². The Kier molecular flexibility index (Phi) is 43.1. The quantitative estimate of drug-likeness (QED) is 0.0557. The summed E-state index contributed by atoms with van der Waals surface area (Å²) in [6.07, 6.45) is 33.0. The molecule has 0 saturated heterocycles. The van der Waals surface area contributed by atoms with Crippen LogP contribution in [0.4, 0.5) is 0 Å². The minimum Gasteiger partial charge on any atom is -0.550 e. The average Bonchev–Trinajstić information content (AvgIpc) is 2.93. The van der Waals surface area contributed by atoms with Crippen LogP contribution in [0.1, 0.15) is 206 Å². The average molecular weight is 664 g/mol. The molecule has 0 fully saturated rings. The Balaban J connectivity index is -0.000000727. The number of hydrogen-bond donors (Lipinski definition) is 2. The summed E-state index contributed by atoms with van der Waals surface area (Å²) < 4.78 is 0. The molecule has 0 rings (SSSR count). The zero-order valence-electron chi connectivity index (χ0n) is 28.6. The van der Waals surface area contributed by atoms with E-state index >= 15 is 0 Å². The van der Waals surface area contributed by atoms with Crippen molar-refractivity contribution in [2.75, 3.05) is 0 Å². The van der Waals surface area contributed by atoms with Gasteiger partial charge in [-0.3, -0.25) is 0 Å². The molecule has 252 valence electrons. The van der Waals surface area contributed by atoms with Crippen LogP contribution in [0.5, 0.6) is 0 Å². The number of aliphatic carboxylic acids is 2. The van der Waals surface area contributed by atoms with Crippen molar-refractivity contribution in [3.63, 3.8) is 0 Å². The summed E-state index contributed by atoms with van der Waals surface area (Å²) in [5.74, 6) is -2.31. The maximum Gasteiger partial charge on any atom is 2.00 e. The van der Waals surface area contributed by atoms with Crippen molar-refractivity contribution >= 4 is 11.9 Å². The zero-order chi connectivity index (χ0) is 31.5. The molecule has 0 aliphatic carbocycles. The molecule has 2 atom stereocenters. The second-order valence-electron chi connectivity index (χ2n) is 12.5. The van der Waals surface area contributed by atoms with Crippen molar-refractivity contribution in [1.29, 1.82) is 0 Å². The van der Waals surface area contributed by atoms with E-state index in [9.17, 15) is 30.0 Å². The summed E-state index contributed by atoms with van der Waals surface area (Å²) in [4.78, 5) is 20.5. The molecule has 0 heterocycles. The molecule has 0 aromatic heterocycles. The molecule has 2 unspecified atom stereocenters.